The van der Waals surface area contributed by atoms with Crippen LogP contribution in [0.4, 0.5) is 5.69 Å². The van der Waals surface area contributed by atoms with Crippen LogP contribution >= 0.6 is 23.2 Å². The molecular formula is C28H37Cl2N3O6S. The summed E-state index contributed by atoms with van der Waals surface area (Å²) in [6.45, 7) is 5.40. The fraction of sp³-hybridized carbons (Fsp3) is 0.500. The van der Waals surface area contributed by atoms with Crippen molar-refractivity contribution in [1.82, 2.24) is 10.2 Å². The van der Waals surface area contributed by atoms with Gasteiger partial charge in [0.2, 0.25) is 21.8 Å². The summed E-state index contributed by atoms with van der Waals surface area (Å²) in [6, 6.07) is 9.26. The average molecular weight is 615 g/mol. The van der Waals surface area contributed by atoms with Crippen molar-refractivity contribution in [1.29, 1.82) is 0 Å². The Morgan fingerprint density at radius 1 is 1.02 bits per heavy atom. The minimum atomic E-state index is -3.65. The molecule has 2 aromatic carbocycles. The predicted octanol–water partition coefficient (Wildman–Crippen LogP) is 5.03. The van der Waals surface area contributed by atoms with Crippen LogP contribution in [-0.4, -0.2) is 63.7 Å². The molecule has 1 N–H and O–H groups in total. The van der Waals surface area contributed by atoms with Gasteiger partial charge in [-0.2, -0.15) is 0 Å². The Morgan fingerprint density at radius 3 is 2.40 bits per heavy atom. The third-order valence-electron chi connectivity index (χ3n) is 6.54. The summed E-state index contributed by atoms with van der Waals surface area (Å²) in [5.41, 5.74) is 1.08. The van der Waals surface area contributed by atoms with Crippen LogP contribution < -0.4 is 19.1 Å². The van der Waals surface area contributed by atoms with E-state index in [1.807, 2.05) is 13.8 Å². The highest BCUT2D eigenvalue weighted by atomic mass is 35.5. The first-order valence-electron chi connectivity index (χ1n) is 13.4. The lowest BCUT2D eigenvalue weighted by Crippen LogP contribution is -2.49. The van der Waals surface area contributed by atoms with E-state index in [0.29, 0.717) is 59.0 Å². The van der Waals surface area contributed by atoms with Gasteiger partial charge in [0.05, 0.1) is 11.9 Å². The maximum atomic E-state index is 13.6. The lowest BCUT2D eigenvalue weighted by molar-refractivity contribution is -0.141. The van der Waals surface area contributed by atoms with Crippen LogP contribution in [0.3, 0.4) is 0 Å². The Morgan fingerprint density at radius 2 is 1.75 bits per heavy atom. The average Bonchev–Trinajstić information content (AvgIpc) is 2.91. The zero-order chi connectivity index (χ0) is 29.3. The molecule has 0 aromatic heterocycles. The van der Waals surface area contributed by atoms with Crippen LogP contribution in [0, 0.1) is 0 Å². The number of rotatable bonds is 14. The second-order valence-electron chi connectivity index (χ2n) is 9.59. The Hall–Kier alpha value is -2.69. The van der Waals surface area contributed by atoms with E-state index in [-0.39, 0.29) is 37.7 Å². The molecule has 9 nitrogen and oxygen atoms in total. The van der Waals surface area contributed by atoms with Crippen LogP contribution in [-0.2, 0) is 26.2 Å². The number of carbonyl (C=O) groups is 2. The summed E-state index contributed by atoms with van der Waals surface area (Å²) in [5, 5.41) is 3.79. The third kappa shape index (κ3) is 8.65. The summed E-state index contributed by atoms with van der Waals surface area (Å²) in [4.78, 5) is 28.2. The van der Waals surface area contributed by atoms with Crippen molar-refractivity contribution < 1.29 is 27.5 Å². The van der Waals surface area contributed by atoms with Crippen LogP contribution in [0.25, 0.3) is 0 Å². The largest absolute Gasteiger partial charge is 0.486 e. The highest BCUT2D eigenvalue weighted by Crippen LogP contribution is 2.35. The summed E-state index contributed by atoms with van der Waals surface area (Å²) in [7, 11) is -3.65. The molecule has 0 aliphatic carbocycles. The number of hydrogen-bond acceptors (Lipinski definition) is 6. The number of amides is 2. The zero-order valence-electron chi connectivity index (χ0n) is 23.1. The Labute approximate surface area is 246 Å². The highest BCUT2D eigenvalue weighted by molar-refractivity contribution is 7.92. The number of sulfonamides is 1. The number of unbranched alkanes of at least 4 members (excludes halogenated alkanes) is 1. The topological polar surface area (TPSA) is 105 Å². The third-order valence-corrected chi connectivity index (χ3v) is 8.32. The highest BCUT2D eigenvalue weighted by Gasteiger charge is 2.29. The van der Waals surface area contributed by atoms with Gasteiger partial charge in [0.25, 0.3) is 0 Å². The van der Waals surface area contributed by atoms with Crippen molar-refractivity contribution >= 4 is 50.7 Å². The second-order valence-corrected chi connectivity index (χ2v) is 12.3. The van der Waals surface area contributed by atoms with Gasteiger partial charge in [0, 0.05) is 42.2 Å². The molecule has 1 atom stereocenters. The summed E-state index contributed by atoms with van der Waals surface area (Å²) in [5.74, 6) is 0.514. The number of ether oxygens (including phenoxy) is 2. The van der Waals surface area contributed by atoms with Crippen molar-refractivity contribution in [2.75, 3.05) is 36.9 Å². The Kier molecular flexibility index (Phi) is 11.8. The number of halogens is 2. The molecule has 0 fully saturated rings. The van der Waals surface area contributed by atoms with Gasteiger partial charge in [0.15, 0.2) is 11.5 Å². The molecule has 220 valence electrons. The standard InChI is InChI=1S/C28H37Cl2N3O6S/c1-4-6-13-31-28(35)24(5-2)32(19-20-9-10-21(29)17-23(20)30)27(34)8-7-14-33(40(3,36)37)22-11-12-25-26(18-22)39-16-15-38-25/h9-12,17-18,24H,4-8,13-16,19H2,1-3H3,(H,31,35)/t24-/m0/s1. The number of carbonyl (C=O) groups excluding carboxylic acids is 2. The number of nitrogens with one attached hydrogen (secondary N) is 1. The maximum Gasteiger partial charge on any atom is 0.242 e. The molecule has 3 rings (SSSR count). The minimum absolute atomic E-state index is 0.0283. The Balaban J connectivity index is 1.78. The maximum absolute atomic E-state index is 13.6. The lowest BCUT2D eigenvalue weighted by Gasteiger charge is -2.31. The van der Waals surface area contributed by atoms with Gasteiger partial charge in [-0.1, -0.05) is 49.5 Å². The van der Waals surface area contributed by atoms with Gasteiger partial charge in [-0.15, -0.1) is 0 Å². The molecule has 1 heterocycles. The summed E-state index contributed by atoms with van der Waals surface area (Å²) in [6.07, 6.45) is 3.55. The van der Waals surface area contributed by atoms with E-state index in [1.54, 1.807) is 36.4 Å². The molecule has 2 amide bonds. The molecule has 0 unspecified atom stereocenters. The number of fused-ring (bicyclic) bond motifs is 1. The van der Waals surface area contributed by atoms with E-state index >= 15 is 0 Å². The van der Waals surface area contributed by atoms with Gasteiger partial charge in [0.1, 0.15) is 19.3 Å². The molecule has 0 radical (unpaired) electrons. The van der Waals surface area contributed by atoms with Crippen LogP contribution in [0.1, 0.15) is 51.5 Å². The van der Waals surface area contributed by atoms with Crippen LogP contribution in [0.5, 0.6) is 11.5 Å². The molecular weight excluding hydrogens is 577 g/mol. The van der Waals surface area contributed by atoms with E-state index in [9.17, 15) is 18.0 Å². The monoisotopic (exact) mass is 613 g/mol. The number of anilines is 1. The minimum Gasteiger partial charge on any atom is -0.486 e. The molecule has 0 spiro atoms. The fourth-order valence-electron chi connectivity index (χ4n) is 4.45. The van der Waals surface area contributed by atoms with Gasteiger partial charge in [-0.05, 0) is 49.1 Å². The van der Waals surface area contributed by atoms with Crippen LogP contribution in [0.2, 0.25) is 10.0 Å². The molecule has 0 saturated heterocycles. The predicted molar refractivity (Wildman–Crippen MR) is 158 cm³/mol. The number of hydrogen-bond donors (Lipinski definition) is 1. The molecule has 0 saturated carbocycles. The number of nitrogens with zero attached hydrogens (tertiary/aromatic N) is 2. The normalized spacial score (nSPS) is 13.4. The molecule has 2 aromatic rings. The van der Waals surface area contributed by atoms with Gasteiger partial charge < -0.3 is 19.7 Å². The van der Waals surface area contributed by atoms with E-state index in [1.165, 1.54) is 9.21 Å². The molecule has 1 aliphatic rings. The van der Waals surface area contributed by atoms with Crippen molar-refractivity contribution in [2.45, 2.75) is 58.5 Å². The Bertz CT molecular complexity index is 1290. The number of benzene rings is 2. The van der Waals surface area contributed by atoms with Gasteiger partial charge >= 0.3 is 0 Å². The van der Waals surface area contributed by atoms with E-state index in [0.717, 1.165) is 19.1 Å². The van der Waals surface area contributed by atoms with Crippen LogP contribution in [0.15, 0.2) is 36.4 Å². The van der Waals surface area contributed by atoms with Gasteiger partial charge in [-0.3, -0.25) is 13.9 Å². The first-order chi connectivity index (χ1) is 19.0. The van der Waals surface area contributed by atoms with E-state index < -0.39 is 16.1 Å². The first kappa shape index (κ1) is 31.8. The van der Waals surface area contributed by atoms with Crippen molar-refractivity contribution in [3.63, 3.8) is 0 Å². The zero-order valence-corrected chi connectivity index (χ0v) is 25.4. The molecule has 1 aliphatic heterocycles. The van der Waals surface area contributed by atoms with E-state index in [2.05, 4.69) is 5.32 Å². The SMILES string of the molecule is CCCCNC(=O)[C@H](CC)N(Cc1ccc(Cl)cc1Cl)C(=O)CCCN(c1ccc2c(c1)OCCO2)S(C)(=O)=O. The summed E-state index contributed by atoms with van der Waals surface area (Å²) < 4.78 is 37.7. The summed E-state index contributed by atoms with van der Waals surface area (Å²) >= 11 is 12.5. The van der Waals surface area contributed by atoms with E-state index in [4.69, 9.17) is 32.7 Å². The van der Waals surface area contributed by atoms with Crippen molar-refractivity contribution in [3.05, 3.63) is 52.0 Å². The quantitative estimate of drug-likeness (QED) is 0.299. The molecule has 40 heavy (non-hydrogen) atoms. The first-order valence-corrected chi connectivity index (χ1v) is 16.0. The van der Waals surface area contributed by atoms with Crippen molar-refractivity contribution in [3.8, 4) is 11.5 Å². The van der Waals surface area contributed by atoms with Gasteiger partial charge in [-0.25, -0.2) is 8.42 Å². The second kappa shape index (κ2) is 14.8. The molecule has 0 bridgehead atoms. The smallest absolute Gasteiger partial charge is 0.242 e. The van der Waals surface area contributed by atoms with Crippen molar-refractivity contribution in [2.24, 2.45) is 0 Å². The molecule has 12 heteroatoms. The lowest BCUT2D eigenvalue weighted by atomic mass is 10.1. The fourth-order valence-corrected chi connectivity index (χ4v) is 5.88.